The van der Waals surface area contributed by atoms with Gasteiger partial charge in [0.15, 0.2) is 0 Å². The lowest BCUT2D eigenvalue weighted by atomic mass is 9.93. The van der Waals surface area contributed by atoms with Gasteiger partial charge in [-0.05, 0) is 62.4 Å². The second-order valence-corrected chi connectivity index (χ2v) is 7.93. The van der Waals surface area contributed by atoms with Crippen LogP contribution in [-0.4, -0.2) is 33.6 Å². The van der Waals surface area contributed by atoms with Crippen LogP contribution in [0.5, 0.6) is 0 Å². The average molecular weight is 359 g/mol. The molecule has 1 aromatic carbocycles. The second-order valence-electron chi connectivity index (χ2n) is 7.50. The summed E-state index contributed by atoms with van der Waals surface area (Å²) >= 11 is 6.21. The highest BCUT2D eigenvalue weighted by atomic mass is 35.5. The Bertz CT molecular complexity index is 720. The van der Waals surface area contributed by atoms with Crippen LogP contribution in [0.25, 0.3) is 0 Å². The molecule has 2 aliphatic rings. The van der Waals surface area contributed by atoms with Gasteiger partial charge in [0, 0.05) is 36.5 Å². The van der Waals surface area contributed by atoms with E-state index in [1.165, 1.54) is 30.7 Å². The number of rotatable bonds is 6. The molecule has 1 saturated heterocycles. The molecule has 1 aliphatic carbocycles. The zero-order valence-corrected chi connectivity index (χ0v) is 15.7. The zero-order chi connectivity index (χ0) is 17.3. The zero-order valence-electron chi connectivity index (χ0n) is 14.9. The molecule has 1 saturated carbocycles. The fourth-order valence-electron chi connectivity index (χ4n) is 4.41. The van der Waals surface area contributed by atoms with Gasteiger partial charge in [-0.3, -0.25) is 4.90 Å². The van der Waals surface area contributed by atoms with Crippen LogP contribution in [0, 0.1) is 5.41 Å². The molecule has 1 unspecified atom stereocenters. The van der Waals surface area contributed by atoms with Crippen molar-refractivity contribution < 1.29 is 0 Å². The summed E-state index contributed by atoms with van der Waals surface area (Å²) < 4.78 is 2.25. The molecule has 5 heteroatoms. The third-order valence-corrected chi connectivity index (χ3v) is 6.18. The normalized spacial score (nSPS) is 21.8. The number of aryl methyl sites for hydroxylation is 1. The maximum absolute atomic E-state index is 6.21. The first-order valence-corrected chi connectivity index (χ1v) is 9.77. The van der Waals surface area contributed by atoms with Crippen LogP contribution in [0.15, 0.2) is 36.7 Å². The second kappa shape index (κ2) is 7.10. The predicted molar refractivity (Wildman–Crippen MR) is 102 cm³/mol. The molecule has 2 fully saturated rings. The largest absolute Gasteiger partial charge is 0.334 e. The number of aromatic nitrogens is 2. The van der Waals surface area contributed by atoms with Gasteiger partial charge in [-0.1, -0.05) is 23.7 Å². The van der Waals surface area contributed by atoms with Crippen molar-refractivity contribution in [1.82, 2.24) is 19.8 Å². The quantitative estimate of drug-likeness (QED) is 0.854. The van der Waals surface area contributed by atoms with Crippen LogP contribution in [0.2, 0.25) is 5.02 Å². The van der Waals surface area contributed by atoms with Gasteiger partial charge < -0.3 is 9.88 Å². The summed E-state index contributed by atoms with van der Waals surface area (Å²) in [5.74, 6) is 1.17. The van der Waals surface area contributed by atoms with Crippen molar-refractivity contribution in [1.29, 1.82) is 0 Å². The van der Waals surface area contributed by atoms with Gasteiger partial charge in [0.25, 0.3) is 0 Å². The fourth-order valence-corrected chi connectivity index (χ4v) is 4.62. The van der Waals surface area contributed by atoms with E-state index in [4.69, 9.17) is 11.6 Å². The first-order chi connectivity index (χ1) is 12.2. The summed E-state index contributed by atoms with van der Waals surface area (Å²) in [5, 5.41) is 4.33. The Labute approximate surface area is 155 Å². The predicted octanol–water partition coefficient (Wildman–Crippen LogP) is 3.70. The minimum absolute atomic E-state index is 0.521. The van der Waals surface area contributed by atoms with Crippen molar-refractivity contribution in [2.24, 2.45) is 5.41 Å². The topological polar surface area (TPSA) is 33.1 Å². The minimum Gasteiger partial charge on any atom is -0.334 e. The number of hydrogen-bond acceptors (Lipinski definition) is 3. The Kier molecular flexibility index (Phi) is 4.85. The molecule has 1 aliphatic heterocycles. The average Bonchev–Trinajstić information content (AvgIpc) is 3.10. The highest BCUT2D eigenvalue weighted by molar-refractivity contribution is 6.30. The molecule has 134 valence electrons. The molecule has 25 heavy (non-hydrogen) atoms. The molecular formula is C20H27ClN4. The third kappa shape index (κ3) is 3.62. The van der Waals surface area contributed by atoms with E-state index in [0.29, 0.717) is 11.5 Å². The number of nitrogens with zero attached hydrogens (tertiary/aromatic N) is 3. The lowest BCUT2D eigenvalue weighted by Crippen LogP contribution is -2.36. The molecule has 1 spiro atoms. The molecular weight excluding hydrogens is 332 g/mol. The minimum atomic E-state index is 0.521. The summed E-state index contributed by atoms with van der Waals surface area (Å²) in [6.07, 6.45) is 7.92. The van der Waals surface area contributed by atoms with E-state index < -0.39 is 0 Å². The Morgan fingerprint density at radius 2 is 2.16 bits per heavy atom. The van der Waals surface area contributed by atoms with Crippen molar-refractivity contribution in [2.45, 2.75) is 51.9 Å². The third-order valence-electron chi connectivity index (χ3n) is 5.95. The molecule has 2 heterocycles. The summed E-state index contributed by atoms with van der Waals surface area (Å²) in [5.41, 5.74) is 1.81. The van der Waals surface area contributed by atoms with Gasteiger partial charge in [0.05, 0.1) is 6.54 Å². The Hall–Kier alpha value is -1.36. The summed E-state index contributed by atoms with van der Waals surface area (Å²) in [6.45, 7) is 7.32. The molecule has 1 N–H and O–H groups in total. The van der Waals surface area contributed by atoms with Crippen molar-refractivity contribution in [3.63, 3.8) is 0 Å². The van der Waals surface area contributed by atoms with Crippen LogP contribution in [0.3, 0.4) is 0 Å². The van der Waals surface area contributed by atoms with E-state index in [1.54, 1.807) is 0 Å². The van der Waals surface area contributed by atoms with Crippen molar-refractivity contribution in [3.05, 3.63) is 53.1 Å². The van der Waals surface area contributed by atoms with E-state index in [2.05, 4.69) is 51.1 Å². The summed E-state index contributed by atoms with van der Waals surface area (Å²) in [6, 6.07) is 8.94. The van der Waals surface area contributed by atoms with E-state index in [9.17, 15) is 0 Å². The smallest absolute Gasteiger partial charge is 0.122 e. The van der Waals surface area contributed by atoms with Crippen molar-refractivity contribution >= 4 is 11.6 Å². The van der Waals surface area contributed by atoms with Crippen LogP contribution in [0.4, 0.5) is 0 Å². The number of imidazole rings is 1. The Balaban J connectivity index is 1.55. The highest BCUT2D eigenvalue weighted by Crippen LogP contribution is 2.56. The molecule has 0 bridgehead atoms. The molecule has 4 rings (SSSR count). The number of benzene rings is 1. The molecule has 1 aromatic heterocycles. The van der Waals surface area contributed by atoms with E-state index in [1.807, 2.05) is 12.3 Å². The van der Waals surface area contributed by atoms with E-state index in [0.717, 1.165) is 37.7 Å². The molecule has 0 radical (unpaired) electrons. The monoisotopic (exact) mass is 358 g/mol. The summed E-state index contributed by atoms with van der Waals surface area (Å²) in [7, 11) is 0. The molecule has 4 nitrogen and oxygen atoms in total. The molecule has 0 amide bonds. The molecule has 1 atom stereocenters. The van der Waals surface area contributed by atoms with Crippen LogP contribution in [0.1, 0.15) is 37.6 Å². The van der Waals surface area contributed by atoms with Gasteiger partial charge in [-0.2, -0.15) is 0 Å². The van der Waals surface area contributed by atoms with Gasteiger partial charge in [0.1, 0.15) is 5.82 Å². The Morgan fingerprint density at radius 1 is 1.32 bits per heavy atom. The maximum Gasteiger partial charge on any atom is 0.122 e. The number of hydrogen-bond donors (Lipinski definition) is 1. The van der Waals surface area contributed by atoms with Gasteiger partial charge in [-0.25, -0.2) is 4.98 Å². The van der Waals surface area contributed by atoms with Crippen molar-refractivity contribution in [3.8, 4) is 0 Å². The van der Waals surface area contributed by atoms with E-state index >= 15 is 0 Å². The first kappa shape index (κ1) is 17.1. The van der Waals surface area contributed by atoms with Gasteiger partial charge >= 0.3 is 0 Å². The van der Waals surface area contributed by atoms with Gasteiger partial charge in [-0.15, -0.1) is 0 Å². The number of halogens is 1. The van der Waals surface area contributed by atoms with Gasteiger partial charge in [0.2, 0.25) is 0 Å². The maximum atomic E-state index is 6.21. The molecule has 2 aromatic rings. The van der Waals surface area contributed by atoms with E-state index in [-0.39, 0.29) is 0 Å². The lowest BCUT2D eigenvalue weighted by molar-refractivity contribution is 0.182. The Morgan fingerprint density at radius 3 is 2.92 bits per heavy atom. The highest BCUT2D eigenvalue weighted by Gasteiger charge is 2.56. The fraction of sp³-hybridized carbons (Fsp3) is 0.550. The van der Waals surface area contributed by atoms with Crippen LogP contribution >= 0.6 is 11.6 Å². The van der Waals surface area contributed by atoms with Crippen LogP contribution < -0.4 is 5.32 Å². The number of nitrogens with one attached hydrogen (secondary N) is 1. The van der Waals surface area contributed by atoms with Crippen molar-refractivity contribution in [2.75, 3.05) is 13.1 Å². The lowest BCUT2D eigenvalue weighted by Gasteiger charge is -2.29. The number of piperidine rings is 1. The first-order valence-electron chi connectivity index (χ1n) is 9.39. The van der Waals surface area contributed by atoms with Crippen LogP contribution in [-0.2, 0) is 19.6 Å². The standard InChI is InChI=1S/C20H27ClN4/c1-2-24-11-10-23-19(24)15-25(14-16-4-3-5-17(21)12-16)18-13-20(18)6-8-22-9-7-20/h3-5,10-12,18,22H,2,6-9,13-15H2,1H3. The SMILES string of the molecule is CCn1ccnc1CN(Cc1cccc(Cl)c1)C1CC12CCNCC2. The summed E-state index contributed by atoms with van der Waals surface area (Å²) in [4.78, 5) is 7.24.